The first-order valence-electron chi connectivity index (χ1n) is 3.43. The number of nitrogen functional groups attached to an aromatic ring is 1. The van der Waals surface area contributed by atoms with E-state index in [1.807, 2.05) is 0 Å². The quantitative estimate of drug-likeness (QED) is 0.560. The van der Waals surface area contributed by atoms with Crippen molar-refractivity contribution in [3.63, 3.8) is 0 Å². The molecule has 1 rings (SSSR count). The normalized spacial score (nSPS) is 12.9. The average Bonchev–Trinajstić information content (AvgIpc) is 1.96. The Morgan fingerprint density at radius 3 is 2.83 bits per heavy atom. The van der Waals surface area contributed by atoms with E-state index >= 15 is 0 Å². The Hall–Kier alpha value is -0.740. The van der Waals surface area contributed by atoms with Crippen LogP contribution in [0.25, 0.3) is 0 Å². The van der Waals surface area contributed by atoms with Gasteiger partial charge in [-0.25, -0.2) is 4.39 Å². The zero-order chi connectivity index (χ0) is 9.14. The van der Waals surface area contributed by atoms with E-state index in [1.165, 1.54) is 24.5 Å². The summed E-state index contributed by atoms with van der Waals surface area (Å²) < 4.78 is 23.7. The fourth-order valence-electron chi connectivity index (χ4n) is 0.924. The van der Waals surface area contributed by atoms with Gasteiger partial charge in [0.1, 0.15) is 11.6 Å². The second-order valence-corrected chi connectivity index (χ2v) is 4.00. The maximum atomic E-state index is 12.9. The lowest BCUT2D eigenvalue weighted by molar-refractivity contribution is 0.591. The van der Waals surface area contributed by atoms with Gasteiger partial charge in [-0.05, 0) is 18.2 Å². The van der Waals surface area contributed by atoms with E-state index in [-0.39, 0.29) is 11.6 Å². The molecule has 4 heteroatoms. The molecular formula is C8H10FNOS. The molecule has 0 fully saturated rings. The summed E-state index contributed by atoms with van der Waals surface area (Å²) >= 11 is -1.03. The van der Waals surface area contributed by atoms with E-state index in [2.05, 4.69) is 0 Å². The number of hydrogen-bond acceptors (Lipinski definition) is 2. The van der Waals surface area contributed by atoms with Gasteiger partial charge in [0.05, 0.1) is 6.26 Å². The van der Waals surface area contributed by atoms with Crippen LogP contribution in [0.1, 0.15) is 5.56 Å². The van der Waals surface area contributed by atoms with Crippen molar-refractivity contribution in [2.75, 3.05) is 12.0 Å². The van der Waals surface area contributed by atoms with Crippen LogP contribution in [0, 0.1) is 5.82 Å². The molecule has 0 saturated heterocycles. The molecule has 1 atom stereocenters. The second-order valence-electron chi connectivity index (χ2n) is 2.57. The third-order valence-electron chi connectivity index (χ3n) is 1.43. The first kappa shape index (κ1) is 9.35. The van der Waals surface area contributed by atoms with E-state index in [1.54, 1.807) is 0 Å². The van der Waals surface area contributed by atoms with Crippen molar-refractivity contribution in [1.82, 2.24) is 0 Å². The Morgan fingerprint density at radius 2 is 2.25 bits per heavy atom. The molecule has 0 amide bonds. The van der Waals surface area contributed by atoms with Crippen LogP contribution in [-0.4, -0.2) is 10.8 Å². The molecule has 1 aromatic carbocycles. The van der Waals surface area contributed by atoms with E-state index < -0.39 is 11.2 Å². The Balaban J connectivity index is 2.90. The fraction of sp³-hybridized carbons (Fsp3) is 0.250. The van der Waals surface area contributed by atoms with E-state index in [0.717, 1.165) is 0 Å². The zero-order valence-electron chi connectivity index (χ0n) is 6.71. The SMILES string of the molecule is C[S+]([O-])Cc1cc(N)ccc1F. The summed E-state index contributed by atoms with van der Waals surface area (Å²) in [5, 5.41) is 0. The van der Waals surface area contributed by atoms with Gasteiger partial charge in [-0.1, -0.05) is 11.2 Å². The molecule has 2 nitrogen and oxygen atoms in total. The van der Waals surface area contributed by atoms with Gasteiger partial charge in [-0.2, -0.15) is 0 Å². The van der Waals surface area contributed by atoms with Crippen molar-refractivity contribution in [2.45, 2.75) is 5.75 Å². The van der Waals surface area contributed by atoms with Crippen LogP contribution in [-0.2, 0) is 16.9 Å². The Kier molecular flexibility index (Phi) is 2.94. The van der Waals surface area contributed by atoms with Crippen LogP contribution in [0.15, 0.2) is 18.2 Å². The lowest BCUT2D eigenvalue weighted by Crippen LogP contribution is -2.03. The van der Waals surface area contributed by atoms with Crippen molar-refractivity contribution in [2.24, 2.45) is 0 Å². The molecule has 1 unspecified atom stereocenters. The molecule has 0 aromatic heterocycles. The van der Waals surface area contributed by atoms with Gasteiger partial charge in [0, 0.05) is 11.3 Å². The highest BCUT2D eigenvalue weighted by molar-refractivity contribution is 7.89. The first-order valence-corrected chi connectivity index (χ1v) is 5.16. The van der Waals surface area contributed by atoms with Crippen LogP contribution in [0.3, 0.4) is 0 Å². The smallest absolute Gasteiger partial charge is 0.133 e. The maximum Gasteiger partial charge on any atom is 0.133 e. The summed E-state index contributed by atoms with van der Waals surface area (Å²) in [4.78, 5) is 0. The van der Waals surface area contributed by atoms with Gasteiger partial charge < -0.3 is 10.3 Å². The predicted octanol–water partition coefficient (Wildman–Crippen LogP) is 1.29. The minimum Gasteiger partial charge on any atom is -0.616 e. The number of benzene rings is 1. The minimum absolute atomic E-state index is 0.219. The summed E-state index contributed by atoms with van der Waals surface area (Å²) in [7, 11) is 0. The topological polar surface area (TPSA) is 49.1 Å². The predicted molar refractivity (Wildman–Crippen MR) is 48.6 cm³/mol. The molecule has 0 spiro atoms. The number of anilines is 1. The molecule has 0 aliphatic rings. The fourth-order valence-corrected chi connectivity index (χ4v) is 1.58. The summed E-state index contributed by atoms with van der Waals surface area (Å²) in [6, 6.07) is 4.28. The highest BCUT2D eigenvalue weighted by atomic mass is 32.2. The lowest BCUT2D eigenvalue weighted by Gasteiger charge is -2.06. The Morgan fingerprint density at radius 1 is 1.58 bits per heavy atom. The Labute approximate surface area is 73.8 Å². The maximum absolute atomic E-state index is 12.9. The van der Waals surface area contributed by atoms with Crippen molar-refractivity contribution in [3.05, 3.63) is 29.6 Å². The first-order chi connectivity index (χ1) is 5.59. The molecule has 1 aromatic rings. The number of rotatable bonds is 2. The molecule has 2 N–H and O–H groups in total. The zero-order valence-corrected chi connectivity index (χ0v) is 7.53. The van der Waals surface area contributed by atoms with Gasteiger partial charge in [0.25, 0.3) is 0 Å². The van der Waals surface area contributed by atoms with Gasteiger partial charge >= 0.3 is 0 Å². The van der Waals surface area contributed by atoms with E-state index in [9.17, 15) is 8.94 Å². The third kappa shape index (κ3) is 2.39. The van der Waals surface area contributed by atoms with Crippen molar-refractivity contribution in [3.8, 4) is 0 Å². The lowest BCUT2D eigenvalue weighted by atomic mass is 10.2. The molecular weight excluding hydrogens is 177 g/mol. The summed E-state index contributed by atoms with van der Waals surface area (Å²) in [5.41, 5.74) is 6.35. The molecule has 0 heterocycles. The molecule has 0 aliphatic heterocycles. The van der Waals surface area contributed by atoms with Crippen LogP contribution in [0.4, 0.5) is 10.1 Å². The van der Waals surface area contributed by atoms with Gasteiger partial charge in [0.15, 0.2) is 0 Å². The standard InChI is InChI=1S/C8H10FNOS/c1-12(11)5-6-4-7(10)2-3-8(6)9/h2-4H,5,10H2,1H3. The van der Waals surface area contributed by atoms with E-state index in [4.69, 9.17) is 5.73 Å². The van der Waals surface area contributed by atoms with Crippen molar-refractivity contribution < 1.29 is 8.94 Å². The van der Waals surface area contributed by atoms with Gasteiger partial charge in [-0.15, -0.1) is 0 Å². The highest BCUT2D eigenvalue weighted by Gasteiger charge is 2.07. The highest BCUT2D eigenvalue weighted by Crippen LogP contribution is 2.14. The van der Waals surface area contributed by atoms with Crippen LogP contribution in [0.2, 0.25) is 0 Å². The summed E-state index contributed by atoms with van der Waals surface area (Å²) in [6.07, 6.45) is 1.53. The molecule has 12 heavy (non-hydrogen) atoms. The van der Waals surface area contributed by atoms with Crippen molar-refractivity contribution >= 4 is 16.9 Å². The van der Waals surface area contributed by atoms with Crippen LogP contribution < -0.4 is 5.73 Å². The molecule has 0 bridgehead atoms. The molecule has 0 aliphatic carbocycles. The minimum atomic E-state index is -1.03. The van der Waals surface area contributed by atoms with E-state index in [0.29, 0.717) is 11.3 Å². The van der Waals surface area contributed by atoms with Crippen LogP contribution in [0.5, 0.6) is 0 Å². The summed E-state index contributed by atoms with van der Waals surface area (Å²) in [5.74, 6) is -0.129. The summed E-state index contributed by atoms with van der Waals surface area (Å²) in [6.45, 7) is 0. The monoisotopic (exact) mass is 187 g/mol. The van der Waals surface area contributed by atoms with Crippen molar-refractivity contribution in [1.29, 1.82) is 0 Å². The number of halogens is 1. The average molecular weight is 187 g/mol. The molecule has 0 radical (unpaired) electrons. The largest absolute Gasteiger partial charge is 0.616 e. The molecule has 66 valence electrons. The number of nitrogens with two attached hydrogens (primary N) is 1. The Bertz CT molecular complexity index is 278. The number of hydrogen-bond donors (Lipinski definition) is 1. The molecule has 0 saturated carbocycles. The third-order valence-corrected chi connectivity index (χ3v) is 2.15. The van der Waals surface area contributed by atoms with Gasteiger partial charge in [0.2, 0.25) is 0 Å². The van der Waals surface area contributed by atoms with Crippen LogP contribution >= 0.6 is 0 Å². The second kappa shape index (κ2) is 3.78. The van der Waals surface area contributed by atoms with Gasteiger partial charge in [-0.3, -0.25) is 0 Å².